The van der Waals surface area contributed by atoms with Gasteiger partial charge in [-0.2, -0.15) is 0 Å². The van der Waals surface area contributed by atoms with Crippen LogP contribution in [0, 0.1) is 0 Å². The summed E-state index contributed by atoms with van der Waals surface area (Å²) in [5, 5.41) is 3.08. The first-order valence-electron chi connectivity index (χ1n) is 5.84. The zero-order valence-corrected chi connectivity index (χ0v) is 11.0. The normalized spacial score (nSPS) is 18.1. The molecule has 1 heterocycles. The van der Waals surface area contributed by atoms with Crippen molar-refractivity contribution in [1.29, 1.82) is 0 Å². The molecule has 0 saturated heterocycles. The third-order valence-corrected chi connectivity index (χ3v) is 3.82. The molecule has 0 aliphatic carbocycles. The summed E-state index contributed by atoms with van der Waals surface area (Å²) in [5.74, 6) is 1.08. The number of benzene rings is 1. The van der Waals surface area contributed by atoms with E-state index in [1.165, 1.54) is 10.5 Å². The van der Waals surface area contributed by atoms with Gasteiger partial charge in [0, 0.05) is 16.7 Å². The van der Waals surface area contributed by atoms with Gasteiger partial charge >= 0.3 is 0 Å². The van der Waals surface area contributed by atoms with Gasteiger partial charge < -0.3 is 5.32 Å². The minimum absolute atomic E-state index is 0.0108. The maximum atomic E-state index is 11.7. The van der Waals surface area contributed by atoms with E-state index in [1.54, 1.807) is 6.08 Å². The minimum atomic E-state index is 0.0108. The first kappa shape index (κ1) is 12.2. The third kappa shape index (κ3) is 3.13. The molecule has 1 aromatic carbocycles. The van der Waals surface area contributed by atoms with E-state index >= 15 is 0 Å². The summed E-state index contributed by atoms with van der Waals surface area (Å²) >= 11 is 1.87. The molecule has 3 heteroatoms. The van der Waals surface area contributed by atoms with Gasteiger partial charge in [0.2, 0.25) is 5.91 Å². The Balaban J connectivity index is 2.14. The Labute approximate surface area is 106 Å². The van der Waals surface area contributed by atoms with Crippen molar-refractivity contribution in [3.8, 4) is 0 Å². The molecule has 90 valence electrons. The van der Waals surface area contributed by atoms with E-state index in [0.29, 0.717) is 0 Å². The molecule has 0 aromatic heterocycles. The highest BCUT2D eigenvalue weighted by atomic mass is 32.2. The largest absolute Gasteiger partial charge is 0.346 e. The quantitative estimate of drug-likeness (QED) is 0.812. The van der Waals surface area contributed by atoms with E-state index in [0.717, 1.165) is 17.7 Å². The summed E-state index contributed by atoms with van der Waals surface area (Å²) in [7, 11) is 0. The number of amides is 1. The summed E-state index contributed by atoms with van der Waals surface area (Å²) in [6.07, 6.45) is 2.66. The van der Waals surface area contributed by atoms with Crippen molar-refractivity contribution in [1.82, 2.24) is 5.32 Å². The van der Waals surface area contributed by atoms with E-state index in [1.807, 2.05) is 37.7 Å². The molecule has 0 bridgehead atoms. The van der Waals surface area contributed by atoms with Crippen LogP contribution in [0.25, 0.3) is 0 Å². The molecule has 1 atom stereocenters. The van der Waals surface area contributed by atoms with Crippen molar-refractivity contribution in [3.63, 3.8) is 0 Å². The van der Waals surface area contributed by atoms with Gasteiger partial charge in [0.25, 0.3) is 0 Å². The topological polar surface area (TPSA) is 29.1 Å². The molecule has 0 unspecified atom stereocenters. The number of rotatable bonds is 2. The fourth-order valence-electron chi connectivity index (χ4n) is 1.97. The maximum absolute atomic E-state index is 11.7. The monoisotopic (exact) mass is 247 g/mol. The number of thioether (sulfide) groups is 1. The van der Waals surface area contributed by atoms with Crippen molar-refractivity contribution in [2.75, 3.05) is 5.75 Å². The van der Waals surface area contributed by atoms with Crippen molar-refractivity contribution >= 4 is 17.7 Å². The Morgan fingerprint density at radius 3 is 2.94 bits per heavy atom. The fourth-order valence-corrected chi connectivity index (χ4v) is 3.09. The molecule has 1 aromatic rings. The molecule has 1 aliphatic rings. The number of fused-ring (bicyclic) bond motifs is 1. The van der Waals surface area contributed by atoms with Crippen LogP contribution < -0.4 is 5.32 Å². The average molecular weight is 247 g/mol. The number of allylic oxidation sites excluding steroid dienone is 1. The lowest BCUT2D eigenvalue weighted by Gasteiger charge is -2.25. The zero-order chi connectivity index (χ0) is 12.3. The third-order valence-electron chi connectivity index (χ3n) is 2.69. The van der Waals surface area contributed by atoms with Gasteiger partial charge in [0.15, 0.2) is 0 Å². The minimum Gasteiger partial charge on any atom is -0.346 e. The average Bonchev–Trinajstić information content (AvgIpc) is 2.28. The Kier molecular flexibility index (Phi) is 3.89. The molecule has 0 spiro atoms. The Bertz CT molecular complexity index is 449. The molecule has 17 heavy (non-hydrogen) atoms. The Hall–Kier alpha value is -1.22. The molecule has 1 amide bonds. The summed E-state index contributed by atoms with van der Waals surface area (Å²) in [5.41, 5.74) is 2.28. The molecular formula is C14H17NOS. The van der Waals surface area contributed by atoms with Crippen LogP contribution in [0.4, 0.5) is 0 Å². The lowest BCUT2D eigenvalue weighted by Crippen LogP contribution is -2.29. The number of carbonyl (C=O) groups is 1. The molecule has 2 rings (SSSR count). The van der Waals surface area contributed by atoms with Crippen LogP contribution in [-0.4, -0.2) is 11.7 Å². The number of hydrogen-bond acceptors (Lipinski definition) is 2. The van der Waals surface area contributed by atoms with Crippen molar-refractivity contribution < 1.29 is 4.79 Å². The highest BCUT2D eigenvalue weighted by Crippen LogP contribution is 2.35. The van der Waals surface area contributed by atoms with Gasteiger partial charge in [0.05, 0.1) is 6.04 Å². The van der Waals surface area contributed by atoms with Crippen LogP contribution in [0.5, 0.6) is 0 Å². The van der Waals surface area contributed by atoms with Gasteiger partial charge in [-0.05, 0) is 31.9 Å². The highest BCUT2D eigenvalue weighted by Gasteiger charge is 2.20. The van der Waals surface area contributed by atoms with Crippen molar-refractivity contribution in [2.24, 2.45) is 0 Å². The molecule has 0 fully saturated rings. The SMILES string of the molecule is CC(C)=CC(=O)N[C@H]1CCSc2ccccc21. The second-order valence-electron chi connectivity index (χ2n) is 4.46. The Morgan fingerprint density at radius 1 is 1.41 bits per heavy atom. The number of hydrogen-bond donors (Lipinski definition) is 1. The fraction of sp³-hybridized carbons (Fsp3) is 0.357. The van der Waals surface area contributed by atoms with Gasteiger partial charge in [-0.1, -0.05) is 23.8 Å². The predicted molar refractivity (Wildman–Crippen MR) is 72.1 cm³/mol. The molecule has 1 aliphatic heterocycles. The lowest BCUT2D eigenvalue weighted by atomic mass is 10.0. The van der Waals surface area contributed by atoms with E-state index in [9.17, 15) is 4.79 Å². The first-order chi connectivity index (χ1) is 8.16. The van der Waals surface area contributed by atoms with E-state index in [4.69, 9.17) is 0 Å². The number of carbonyl (C=O) groups excluding carboxylic acids is 1. The van der Waals surface area contributed by atoms with Crippen molar-refractivity contribution in [2.45, 2.75) is 31.2 Å². The second kappa shape index (κ2) is 5.41. The summed E-state index contributed by atoms with van der Waals surface area (Å²) < 4.78 is 0. The zero-order valence-electron chi connectivity index (χ0n) is 10.2. The van der Waals surface area contributed by atoms with Crippen LogP contribution in [0.2, 0.25) is 0 Å². The van der Waals surface area contributed by atoms with Gasteiger partial charge in [0.1, 0.15) is 0 Å². The molecule has 2 nitrogen and oxygen atoms in total. The van der Waals surface area contributed by atoms with E-state index < -0.39 is 0 Å². The smallest absolute Gasteiger partial charge is 0.244 e. The second-order valence-corrected chi connectivity index (χ2v) is 5.59. The predicted octanol–water partition coefficient (Wildman–Crippen LogP) is 3.31. The lowest BCUT2D eigenvalue weighted by molar-refractivity contribution is -0.117. The van der Waals surface area contributed by atoms with Gasteiger partial charge in [-0.3, -0.25) is 4.79 Å². The van der Waals surface area contributed by atoms with E-state index in [-0.39, 0.29) is 11.9 Å². The van der Waals surface area contributed by atoms with E-state index in [2.05, 4.69) is 17.4 Å². The van der Waals surface area contributed by atoms with Crippen LogP contribution in [-0.2, 0) is 4.79 Å². The maximum Gasteiger partial charge on any atom is 0.244 e. The van der Waals surface area contributed by atoms with Crippen LogP contribution in [0.15, 0.2) is 40.8 Å². The summed E-state index contributed by atoms with van der Waals surface area (Å²) in [6.45, 7) is 3.87. The van der Waals surface area contributed by atoms with Crippen LogP contribution >= 0.6 is 11.8 Å². The highest BCUT2D eigenvalue weighted by molar-refractivity contribution is 7.99. The Morgan fingerprint density at radius 2 is 2.18 bits per heavy atom. The molecule has 1 N–H and O–H groups in total. The standard InChI is InChI=1S/C14H17NOS/c1-10(2)9-14(16)15-12-7-8-17-13-6-4-3-5-11(12)13/h3-6,9,12H,7-8H2,1-2H3,(H,15,16)/t12-/m0/s1. The summed E-state index contributed by atoms with van der Waals surface area (Å²) in [4.78, 5) is 13.0. The van der Waals surface area contributed by atoms with Gasteiger partial charge in [-0.15, -0.1) is 11.8 Å². The van der Waals surface area contributed by atoms with Crippen molar-refractivity contribution in [3.05, 3.63) is 41.5 Å². The summed E-state index contributed by atoms with van der Waals surface area (Å²) in [6, 6.07) is 8.47. The first-order valence-corrected chi connectivity index (χ1v) is 6.82. The van der Waals surface area contributed by atoms with Gasteiger partial charge in [-0.25, -0.2) is 0 Å². The molecular weight excluding hydrogens is 230 g/mol. The van der Waals surface area contributed by atoms with Crippen LogP contribution in [0.1, 0.15) is 31.9 Å². The molecule has 0 saturated carbocycles. The molecule has 0 radical (unpaired) electrons. The van der Waals surface area contributed by atoms with Crippen LogP contribution in [0.3, 0.4) is 0 Å². The number of nitrogens with one attached hydrogen (secondary N) is 1.